The van der Waals surface area contributed by atoms with E-state index >= 15 is 0 Å². The van der Waals surface area contributed by atoms with Gasteiger partial charge in [0.2, 0.25) is 0 Å². The summed E-state index contributed by atoms with van der Waals surface area (Å²) in [5, 5.41) is 2.87. The Kier molecular flexibility index (Phi) is 7.88. The van der Waals surface area contributed by atoms with Crippen LogP contribution in [0.2, 0.25) is 0 Å². The lowest BCUT2D eigenvalue weighted by atomic mass is 10.0. The third-order valence-electron chi connectivity index (χ3n) is 6.05. The lowest BCUT2D eigenvalue weighted by molar-refractivity contribution is 0.0150. The van der Waals surface area contributed by atoms with Crippen LogP contribution in [0.3, 0.4) is 0 Å². The average molecular weight is 440 g/mol. The summed E-state index contributed by atoms with van der Waals surface area (Å²) in [5.41, 5.74) is 1.50. The monoisotopic (exact) mass is 439 g/mol. The first-order valence-electron chi connectivity index (χ1n) is 10.9. The van der Waals surface area contributed by atoms with Crippen LogP contribution in [0.1, 0.15) is 34.6 Å². The summed E-state index contributed by atoms with van der Waals surface area (Å²) in [6.45, 7) is 5.97. The first-order valence-corrected chi connectivity index (χ1v) is 10.9. The molecule has 0 aromatic heterocycles. The molecule has 3 atom stereocenters. The molecule has 0 radical (unpaired) electrons. The summed E-state index contributed by atoms with van der Waals surface area (Å²) in [7, 11) is 5.52. The van der Waals surface area contributed by atoms with E-state index in [1.807, 2.05) is 18.2 Å². The Balaban J connectivity index is 1.91. The Bertz CT molecular complexity index is 934. The first-order chi connectivity index (χ1) is 15.3. The maximum Gasteiger partial charge on any atom is 0.257 e. The summed E-state index contributed by atoms with van der Waals surface area (Å²) in [6, 6.07) is 14.3. The van der Waals surface area contributed by atoms with Gasteiger partial charge < -0.3 is 19.7 Å². The van der Waals surface area contributed by atoms with Gasteiger partial charge in [-0.1, -0.05) is 25.1 Å². The Morgan fingerprint density at radius 1 is 1.09 bits per heavy atom. The molecule has 0 unspecified atom stereocenters. The molecule has 7 nitrogen and oxygen atoms in total. The molecule has 1 aliphatic rings. The second-order valence-corrected chi connectivity index (χ2v) is 8.57. The minimum absolute atomic E-state index is 0.0941. The summed E-state index contributed by atoms with van der Waals surface area (Å²) < 4.78 is 11.8. The molecule has 0 fully saturated rings. The predicted molar refractivity (Wildman–Crippen MR) is 125 cm³/mol. The predicted octanol–water partition coefficient (Wildman–Crippen LogP) is 3.37. The summed E-state index contributed by atoms with van der Waals surface area (Å²) >= 11 is 0. The number of carbonyl (C=O) groups is 2. The molecule has 2 aromatic carbocycles. The van der Waals surface area contributed by atoms with Gasteiger partial charge in [-0.15, -0.1) is 0 Å². The van der Waals surface area contributed by atoms with E-state index < -0.39 is 0 Å². The quantitative estimate of drug-likeness (QED) is 0.794. The number of benzene rings is 2. The maximum absolute atomic E-state index is 13.3. The number of carbonyl (C=O) groups excluding carboxylic acids is 2. The van der Waals surface area contributed by atoms with Gasteiger partial charge in [0.05, 0.1) is 11.7 Å². The number of likely N-dealkylation sites (N-methyl/N-ethyl adjacent to an activating group) is 2. The van der Waals surface area contributed by atoms with Crippen LogP contribution in [-0.4, -0.2) is 74.7 Å². The number of hydrogen-bond acceptors (Lipinski definition) is 5. The number of methoxy groups -OCH3 is 1. The molecule has 0 saturated heterocycles. The fourth-order valence-electron chi connectivity index (χ4n) is 3.83. The van der Waals surface area contributed by atoms with Gasteiger partial charge in [0.1, 0.15) is 12.4 Å². The standard InChI is InChI=1S/C25H33N3O4/c1-17-14-27(3)18(2)16-32-22-12-11-20(26-24(29)19-9-7-6-8-10-19)13-21(22)25(30)28(4)15-23(17)31-5/h6-13,17-18,23H,14-16H2,1-5H3,(H,26,29)/t17-,18+,23+/m0/s1. The summed E-state index contributed by atoms with van der Waals surface area (Å²) in [6.07, 6.45) is -0.0941. The topological polar surface area (TPSA) is 71.1 Å². The summed E-state index contributed by atoms with van der Waals surface area (Å²) in [4.78, 5) is 29.8. The second kappa shape index (κ2) is 10.6. The first kappa shape index (κ1) is 23.8. The van der Waals surface area contributed by atoms with Gasteiger partial charge >= 0.3 is 0 Å². The number of hydrogen-bond donors (Lipinski definition) is 1. The van der Waals surface area contributed by atoms with Gasteiger partial charge in [0.25, 0.3) is 11.8 Å². The van der Waals surface area contributed by atoms with Gasteiger partial charge in [0.15, 0.2) is 0 Å². The van der Waals surface area contributed by atoms with Crippen LogP contribution < -0.4 is 10.1 Å². The van der Waals surface area contributed by atoms with Crippen molar-refractivity contribution in [1.29, 1.82) is 0 Å². The van der Waals surface area contributed by atoms with Gasteiger partial charge in [0, 0.05) is 44.5 Å². The third-order valence-corrected chi connectivity index (χ3v) is 6.05. The van der Waals surface area contributed by atoms with Gasteiger partial charge in [-0.3, -0.25) is 14.5 Å². The van der Waals surface area contributed by atoms with Crippen LogP contribution in [0.4, 0.5) is 5.69 Å². The molecule has 0 aliphatic carbocycles. The average Bonchev–Trinajstić information content (AvgIpc) is 2.80. The van der Waals surface area contributed by atoms with E-state index in [0.29, 0.717) is 35.7 Å². The van der Waals surface area contributed by atoms with E-state index in [1.54, 1.807) is 49.4 Å². The van der Waals surface area contributed by atoms with Crippen molar-refractivity contribution < 1.29 is 19.1 Å². The Labute approximate surface area is 190 Å². The van der Waals surface area contributed by atoms with Crippen LogP contribution in [-0.2, 0) is 4.74 Å². The van der Waals surface area contributed by atoms with E-state index in [4.69, 9.17) is 9.47 Å². The molecule has 1 aliphatic heterocycles. The largest absolute Gasteiger partial charge is 0.491 e. The zero-order chi connectivity index (χ0) is 23.3. The third kappa shape index (κ3) is 5.66. The van der Waals surface area contributed by atoms with Crippen LogP contribution >= 0.6 is 0 Å². The molecule has 172 valence electrons. The molecular weight excluding hydrogens is 406 g/mol. The minimum atomic E-state index is -0.232. The normalized spacial score (nSPS) is 22.8. The number of nitrogens with one attached hydrogen (secondary N) is 1. The Morgan fingerprint density at radius 2 is 1.81 bits per heavy atom. The highest BCUT2D eigenvalue weighted by Gasteiger charge is 2.27. The van der Waals surface area contributed by atoms with Crippen molar-refractivity contribution >= 4 is 17.5 Å². The fraction of sp³-hybridized carbons (Fsp3) is 0.440. The zero-order valence-corrected chi connectivity index (χ0v) is 19.5. The smallest absolute Gasteiger partial charge is 0.257 e. The molecule has 7 heteroatoms. The number of amides is 2. The van der Waals surface area contributed by atoms with Crippen LogP contribution in [0, 0.1) is 5.92 Å². The van der Waals surface area contributed by atoms with Gasteiger partial charge in [-0.05, 0) is 50.2 Å². The Morgan fingerprint density at radius 3 is 2.50 bits per heavy atom. The van der Waals surface area contributed by atoms with Crippen LogP contribution in [0.5, 0.6) is 5.75 Å². The van der Waals surface area contributed by atoms with Crippen molar-refractivity contribution in [2.24, 2.45) is 5.92 Å². The fourth-order valence-corrected chi connectivity index (χ4v) is 3.83. The van der Waals surface area contributed by atoms with E-state index in [2.05, 4.69) is 31.1 Å². The van der Waals surface area contributed by atoms with E-state index in [-0.39, 0.29) is 29.9 Å². The maximum atomic E-state index is 13.3. The number of anilines is 1. The second-order valence-electron chi connectivity index (χ2n) is 8.57. The highest BCUT2D eigenvalue weighted by molar-refractivity contribution is 6.05. The van der Waals surface area contributed by atoms with E-state index in [9.17, 15) is 9.59 Å². The highest BCUT2D eigenvalue weighted by Crippen LogP contribution is 2.26. The Hall–Kier alpha value is -2.90. The molecule has 2 aromatic rings. The molecule has 1 heterocycles. The lowest BCUT2D eigenvalue weighted by Crippen LogP contribution is -2.45. The van der Waals surface area contributed by atoms with Crippen molar-refractivity contribution in [2.45, 2.75) is 26.0 Å². The zero-order valence-electron chi connectivity index (χ0n) is 19.5. The van der Waals surface area contributed by atoms with Crippen molar-refractivity contribution in [2.75, 3.05) is 46.2 Å². The van der Waals surface area contributed by atoms with Gasteiger partial charge in [-0.2, -0.15) is 0 Å². The number of ether oxygens (including phenoxy) is 2. The highest BCUT2D eigenvalue weighted by atomic mass is 16.5. The molecular formula is C25H33N3O4. The van der Waals surface area contributed by atoms with Crippen molar-refractivity contribution in [3.63, 3.8) is 0 Å². The summed E-state index contributed by atoms with van der Waals surface area (Å²) in [5.74, 6) is 0.330. The molecule has 32 heavy (non-hydrogen) atoms. The van der Waals surface area contributed by atoms with Crippen molar-refractivity contribution in [3.8, 4) is 5.75 Å². The molecule has 0 saturated carbocycles. The van der Waals surface area contributed by atoms with Crippen LogP contribution in [0.25, 0.3) is 0 Å². The molecule has 3 rings (SSSR count). The number of rotatable bonds is 3. The molecule has 2 amide bonds. The van der Waals surface area contributed by atoms with Gasteiger partial charge in [-0.25, -0.2) is 0 Å². The van der Waals surface area contributed by atoms with Crippen molar-refractivity contribution in [1.82, 2.24) is 9.80 Å². The number of nitrogens with zero attached hydrogens (tertiary/aromatic N) is 2. The molecule has 0 bridgehead atoms. The minimum Gasteiger partial charge on any atom is -0.491 e. The SMILES string of the molecule is CO[C@@H]1CN(C)C(=O)c2cc(NC(=O)c3ccccc3)ccc2OC[C@@H](C)N(C)C[C@@H]1C. The molecule has 1 N–H and O–H groups in total. The molecule has 0 spiro atoms. The number of fused-ring (bicyclic) bond motifs is 1. The van der Waals surface area contributed by atoms with Crippen molar-refractivity contribution in [3.05, 3.63) is 59.7 Å². The van der Waals surface area contributed by atoms with E-state index in [0.717, 1.165) is 6.54 Å². The lowest BCUT2D eigenvalue weighted by Gasteiger charge is -2.34. The van der Waals surface area contributed by atoms with E-state index in [1.165, 1.54) is 0 Å². The van der Waals surface area contributed by atoms with Crippen LogP contribution in [0.15, 0.2) is 48.5 Å².